The number of hydrogen-bond donors (Lipinski definition) is 3. The Morgan fingerprint density at radius 2 is 2.11 bits per heavy atom. The maximum Gasteiger partial charge on any atom is 0.0995 e. The SMILES string of the molecule is N[C@@H]1CC=C[C@@H](O)[C@H]1O. The van der Waals surface area contributed by atoms with Gasteiger partial charge in [0.05, 0.1) is 12.2 Å². The van der Waals surface area contributed by atoms with Gasteiger partial charge in [-0.1, -0.05) is 12.2 Å². The van der Waals surface area contributed by atoms with Crippen LogP contribution in [0.1, 0.15) is 6.42 Å². The highest BCUT2D eigenvalue weighted by molar-refractivity contribution is 5.03. The number of aliphatic hydroxyl groups is 2. The average Bonchev–Trinajstić information content (AvgIpc) is 1.83. The molecule has 1 aliphatic rings. The van der Waals surface area contributed by atoms with Crippen molar-refractivity contribution >= 4 is 0 Å². The van der Waals surface area contributed by atoms with Crippen LogP contribution in [-0.4, -0.2) is 28.5 Å². The predicted octanol–water partition coefficient (Wildman–Crippen LogP) is -1.00. The Labute approximate surface area is 53.8 Å². The van der Waals surface area contributed by atoms with Gasteiger partial charge in [0.25, 0.3) is 0 Å². The van der Waals surface area contributed by atoms with Crippen LogP contribution in [-0.2, 0) is 0 Å². The van der Waals surface area contributed by atoms with Gasteiger partial charge in [-0.25, -0.2) is 0 Å². The summed E-state index contributed by atoms with van der Waals surface area (Å²) in [4.78, 5) is 0. The fraction of sp³-hybridized carbons (Fsp3) is 0.667. The highest BCUT2D eigenvalue weighted by Crippen LogP contribution is 2.09. The first kappa shape index (κ1) is 6.74. The van der Waals surface area contributed by atoms with E-state index in [1.54, 1.807) is 12.2 Å². The molecule has 0 bridgehead atoms. The lowest BCUT2D eigenvalue weighted by atomic mass is 9.97. The summed E-state index contributed by atoms with van der Waals surface area (Å²) in [6.07, 6.45) is 2.44. The summed E-state index contributed by atoms with van der Waals surface area (Å²) < 4.78 is 0. The summed E-state index contributed by atoms with van der Waals surface area (Å²) in [5.41, 5.74) is 5.41. The Balaban J connectivity index is 2.58. The molecule has 0 aromatic carbocycles. The van der Waals surface area contributed by atoms with Crippen LogP contribution < -0.4 is 5.73 Å². The zero-order valence-corrected chi connectivity index (χ0v) is 5.07. The third kappa shape index (κ3) is 1.30. The molecule has 52 valence electrons. The molecule has 0 aliphatic heterocycles. The van der Waals surface area contributed by atoms with Crippen molar-refractivity contribution in [2.24, 2.45) is 5.73 Å². The highest BCUT2D eigenvalue weighted by Gasteiger charge is 2.23. The van der Waals surface area contributed by atoms with E-state index in [1.807, 2.05) is 0 Å². The second kappa shape index (κ2) is 2.47. The molecule has 0 spiro atoms. The molecule has 0 heterocycles. The van der Waals surface area contributed by atoms with Crippen LogP contribution in [0.25, 0.3) is 0 Å². The monoisotopic (exact) mass is 129 g/mol. The predicted molar refractivity (Wildman–Crippen MR) is 33.7 cm³/mol. The van der Waals surface area contributed by atoms with E-state index in [2.05, 4.69) is 0 Å². The fourth-order valence-corrected chi connectivity index (χ4v) is 0.882. The molecule has 3 nitrogen and oxygen atoms in total. The van der Waals surface area contributed by atoms with Crippen molar-refractivity contribution in [1.82, 2.24) is 0 Å². The van der Waals surface area contributed by atoms with E-state index >= 15 is 0 Å². The average molecular weight is 129 g/mol. The van der Waals surface area contributed by atoms with Gasteiger partial charge in [0, 0.05) is 6.04 Å². The summed E-state index contributed by atoms with van der Waals surface area (Å²) >= 11 is 0. The van der Waals surface area contributed by atoms with Gasteiger partial charge in [0.1, 0.15) is 0 Å². The second-order valence-corrected chi connectivity index (χ2v) is 2.31. The Hall–Kier alpha value is -0.380. The van der Waals surface area contributed by atoms with E-state index in [0.717, 1.165) is 0 Å². The van der Waals surface area contributed by atoms with E-state index < -0.39 is 12.2 Å². The van der Waals surface area contributed by atoms with Gasteiger partial charge in [0.2, 0.25) is 0 Å². The van der Waals surface area contributed by atoms with E-state index in [-0.39, 0.29) is 6.04 Å². The third-order valence-corrected chi connectivity index (χ3v) is 1.53. The van der Waals surface area contributed by atoms with Crippen LogP contribution in [0.15, 0.2) is 12.2 Å². The minimum absolute atomic E-state index is 0.301. The first-order valence-corrected chi connectivity index (χ1v) is 3.00. The summed E-state index contributed by atoms with van der Waals surface area (Å²) in [5.74, 6) is 0. The Kier molecular flexibility index (Phi) is 1.85. The zero-order chi connectivity index (χ0) is 6.85. The van der Waals surface area contributed by atoms with Crippen molar-refractivity contribution in [3.8, 4) is 0 Å². The van der Waals surface area contributed by atoms with Crippen molar-refractivity contribution in [2.45, 2.75) is 24.7 Å². The molecule has 0 saturated carbocycles. The van der Waals surface area contributed by atoms with Gasteiger partial charge in [-0.3, -0.25) is 0 Å². The van der Waals surface area contributed by atoms with Crippen LogP contribution in [0.5, 0.6) is 0 Å². The smallest absolute Gasteiger partial charge is 0.0995 e. The summed E-state index contributed by atoms with van der Waals surface area (Å²) in [6.45, 7) is 0. The molecule has 4 N–H and O–H groups in total. The van der Waals surface area contributed by atoms with Gasteiger partial charge >= 0.3 is 0 Å². The number of nitrogens with two attached hydrogens (primary N) is 1. The van der Waals surface area contributed by atoms with Crippen molar-refractivity contribution in [2.75, 3.05) is 0 Å². The molecule has 3 atom stereocenters. The van der Waals surface area contributed by atoms with E-state index in [9.17, 15) is 0 Å². The van der Waals surface area contributed by atoms with Crippen LogP contribution in [0.2, 0.25) is 0 Å². The van der Waals surface area contributed by atoms with Crippen molar-refractivity contribution in [3.63, 3.8) is 0 Å². The van der Waals surface area contributed by atoms with Gasteiger partial charge < -0.3 is 15.9 Å². The van der Waals surface area contributed by atoms with E-state index in [4.69, 9.17) is 15.9 Å². The number of rotatable bonds is 0. The lowest BCUT2D eigenvalue weighted by Gasteiger charge is -2.24. The fourth-order valence-electron chi connectivity index (χ4n) is 0.882. The molecule has 1 aliphatic carbocycles. The van der Waals surface area contributed by atoms with Gasteiger partial charge in [-0.2, -0.15) is 0 Å². The summed E-state index contributed by atoms with van der Waals surface area (Å²) in [5, 5.41) is 18.0. The van der Waals surface area contributed by atoms with Gasteiger partial charge in [-0.05, 0) is 6.42 Å². The molecule has 0 radical (unpaired) electrons. The third-order valence-electron chi connectivity index (χ3n) is 1.53. The number of aliphatic hydroxyl groups excluding tert-OH is 2. The molecule has 9 heavy (non-hydrogen) atoms. The minimum Gasteiger partial charge on any atom is -0.388 e. The molecule has 0 aromatic heterocycles. The first-order valence-electron chi connectivity index (χ1n) is 3.00. The maximum atomic E-state index is 9.02. The molecule has 0 saturated heterocycles. The van der Waals surface area contributed by atoms with Crippen LogP contribution in [0, 0.1) is 0 Å². The Morgan fingerprint density at radius 3 is 2.56 bits per heavy atom. The lowest BCUT2D eigenvalue weighted by molar-refractivity contribution is 0.0265. The lowest BCUT2D eigenvalue weighted by Crippen LogP contribution is -2.43. The first-order chi connectivity index (χ1) is 4.22. The minimum atomic E-state index is -0.782. The quantitative estimate of drug-likeness (QED) is 0.367. The maximum absolute atomic E-state index is 9.02. The normalized spacial score (nSPS) is 43.2. The van der Waals surface area contributed by atoms with Crippen molar-refractivity contribution in [1.29, 1.82) is 0 Å². The van der Waals surface area contributed by atoms with Crippen LogP contribution >= 0.6 is 0 Å². The Morgan fingerprint density at radius 1 is 1.44 bits per heavy atom. The van der Waals surface area contributed by atoms with E-state index in [0.29, 0.717) is 6.42 Å². The number of hydrogen-bond acceptors (Lipinski definition) is 3. The summed E-state index contributed by atoms with van der Waals surface area (Å²) in [7, 11) is 0. The van der Waals surface area contributed by atoms with Gasteiger partial charge in [-0.15, -0.1) is 0 Å². The molecule has 0 aromatic rings. The van der Waals surface area contributed by atoms with Crippen molar-refractivity contribution < 1.29 is 10.2 Å². The van der Waals surface area contributed by atoms with Crippen LogP contribution in [0.3, 0.4) is 0 Å². The molecule has 0 fully saturated rings. The highest BCUT2D eigenvalue weighted by atomic mass is 16.3. The molecular formula is C6H11NO2. The van der Waals surface area contributed by atoms with Gasteiger partial charge in [0.15, 0.2) is 0 Å². The standard InChI is InChI=1S/C6H11NO2/c7-4-2-1-3-5(8)6(4)9/h1,3-6,8-9H,2,7H2/t4-,5-,6+/m1/s1. The van der Waals surface area contributed by atoms with Crippen LogP contribution in [0.4, 0.5) is 0 Å². The summed E-state index contributed by atoms with van der Waals surface area (Å²) in [6, 6.07) is -0.301. The van der Waals surface area contributed by atoms with E-state index in [1.165, 1.54) is 0 Å². The molecule has 3 heteroatoms. The largest absolute Gasteiger partial charge is 0.388 e. The zero-order valence-electron chi connectivity index (χ0n) is 5.07. The van der Waals surface area contributed by atoms with Crippen molar-refractivity contribution in [3.05, 3.63) is 12.2 Å². The molecular weight excluding hydrogens is 118 g/mol. The molecule has 0 amide bonds. The Bertz CT molecular complexity index is 124. The molecule has 0 unspecified atom stereocenters. The molecule has 1 rings (SSSR count). The topological polar surface area (TPSA) is 66.5 Å². The second-order valence-electron chi connectivity index (χ2n) is 2.31.